The number of azide groups is 2. The summed E-state index contributed by atoms with van der Waals surface area (Å²) in [5, 5.41) is 10.5. The maximum absolute atomic E-state index is 8.85. The second-order valence-corrected chi connectivity index (χ2v) is 5.60. The van der Waals surface area contributed by atoms with Crippen LogP contribution in [0.15, 0.2) is 39.5 Å². The van der Waals surface area contributed by atoms with Crippen molar-refractivity contribution in [3.63, 3.8) is 0 Å². The smallest absolute Gasteiger partial charge is 0.120 e. The summed E-state index contributed by atoms with van der Waals surface area (Å²) in [6.07, 6.45) is 5.32. The minimum Gasteiger partial charge on any atom is -0.294 e. The van der Waals surface area contributed by atoms with Crippen molar-refractivity contribution >= 4 is 11.5 Å². The molecule has 1 atom stereocenters. The van der Waals surface area contributed by atoms with Gasteiger partial charge in [-0.1, -0.05) is 35.3 Å². The minimum atomic E-state index is -0.581. The fourth-order valence-electron chi connectivity index (χ4n) is 1.91. The fraction of sp³-hybridized carbons (Fsp3) is 0.400. The van der Waals surface area contributed by atoms with Gasteiger partial charge < -0.3 is 0 Å². The fourth-order valence-corrected chi connectivity index (χ4v) is 1.91. The SMILES string of the molecule is C#CCNC(C(N=[N+]=[N-])=NC(C)(C)C)c1ccccc1N=[N+]=[N-]. The molecule has 8 heteroatoms. The average molecular weight is 310 g/mol. The number of hydrogen-bond donors (Lipinski definition) is 1. The van der Waals surface area contributed by atoms with Crippen LogP contribution in [0.1, 0.15) is 32.4 Å². The topological polar surface area (TPSA) is 122 Å². The lowest BCUT2D eigenvalue weighted by Gasteiger charge is -2.22. The third kappa shape index (κ3) is 5.73. The summed E-state index contributed by atoms with van der Waals surface area (Å²) in [5.74, 6) is 2.71. The van der Waals surface area contributed by atoms with E-state index in [1.807, 2.05) is 20.8 Å². The molecule has 1 rings (SSSR count). The van der Waals surface area contributed by atoms with Gasteiger partial charge in [-0.3, -0.25) is 10.3 Å². The lowest BCUT2D eigenvalue weighted by Crippen LogP contribution is -2.30. The summed E-state index contributed by atoms with van der Waals surface area (Å²) in [4.78, 5) is 10.1. The Hall–Kier alpha value is -2.97. The summed E-state index contributed by atoms with van der Waals surface area (Å²) in [6.45, 7) is 5.89. The first-order valence-electron chi connectivity index (χ1n) is 6.88. The molecule has 8 nitrogen and oxygen atoms in total. The third-order valence-corrected chi connectivity index (χ3v) is 2.66. The lowest BCUT2D eigenvalue weighted by molar-refractivity contribution is 0.572. The van der Waals surface area contributed by atoms with Crippen molar-refractivity contribution in [2.75, 3.05) is 6.54 Å². The zero-order valence-electron chi connectivity index (χ0n) is 13.3. The highest BCUT2D eigenvalue weighted by molar-refractivity contribution is 5.91. The van der Waals surface area contributed by atoms with Crippen molar-refractivity contribution in [1.82, 2.24) is 5.32 Å². The molecule has 1 unspecified atom stereocenters. The second kappa shape index (κ2) is 8.47. The first-order chi connectivity index (χ1) is 10.9. The predicted molar refractivity (Wildman–Crippen MR) is 91.2 cm³/mol. The van der Waals surface area contributed by atoms with Crippen LogP contribution in [0.2, 0.25) is 0 Å². The van der Waals surface area contributed by atoms with Gasteiger partial charge in [-0.15, -0.1) is 6.42 Å². The number of nitrogens with one attached hydrogen (secondary N) is 1. The molecule has 0 fully saturated rings. The number of rotatable bonds is 5. The Morgan fingerprint density at radius 3 is 2.57 bits per heavy atom. The van der Waals surface area contributed by atoms with E-state index in [2.05, 4.69) is 36.3 Å². The van der Waals surface area contributed by atoms with Gasteiger partial charge in [0.1, 0.15) is 5.84 Å². The molecule has 0 bridgehead atoms. The molecule has 0 saturated heterocycles. The van der Waals surface area contributed by atoms with Crippen LogP contribution in [-0.2, 0) is 0 Å². The first-order valence-corrected chi connectivity index (χ1v) is 6.88. The number of hydrogen-bond acceptors (Lipinski definition) is 3. The van der Waals surface area contributed by atoms with Crippen molar-refractivity contribution in [3.05, 3.63) is 50.7 Å². The molecule has 1 N–H and O–H groups in total. The quantitative estimate of drug-likeness (QED) is 0.212. The zero-order valence-corrected chi connectivity index (χ0v) is 13.3. The molecule has 0 aliphatic carbocycles. The van der Waals surface area contributed by atoms with Gasteiger partial charge in [-0.2, -0.15) is 0 Å². The summed E-state index contributed by atoms with van der Waals surface area (Å²) in [6, 6.07) is 6.40. The van der Waals surface area contributed by atoms with Crippen LogP contribution in [0.5, 0.6) is 0 Å². The van der Waals surface area contributed by atoms with Crippen molar-refractivity contribution in [2.45, 2.75) is 32.4 Å². The Bertz CT molecular complexity index is 710. The van der Waals surface area contributed by atoms with Gasteiger partial charge >= 0.3 is 0 Å². The Balaban J connectivity index is 3.50. The van der Waals surface area contributed by atoms with Crippen LogP contribution in [0.4, 0.5) is 5.69 Å². The standard InChI is InChI=1S/C15H18N8/c1-5-10-18-13(14(21-23-17)19-15(2,3)4)11-8-6-7-9-12(11)20-22-16/h1,6-9,13,18H,10H2,2-4H3. The van der Waals surface area contributed by atoms with Crippen molar-refractivity contribution in [3.8, 4) is 12.3 Å². The zero-order chi connectivity index (χ0) is 17.3. The normalized spacial score (nSPS) is 12.5. The van der Waals surface area contributed by atoms with Crippen LogP contribution < -0.4 is 5.32 Å². The van der Waals surface area contributed by atoms with Gasteiger partial charge in [-0.25, -0.2) is 0 Å². The molecule has 1 aromatic rings. The third-order valence-electron chi connectivity index (χ3n) is 2.66. The Kier molecular flexibility index (Phi) is 6.66. The molecule has 0 aliphatic rings. The maximum atomic E-state index is 8.85. The second-order valence-electron chi connectivity index (χ2n) is 5.60. The van der Waals surface area contributed by atoms with E-state index in [0.29, 0.717) is 11.3 Å². The predicted octanol–water partition coefficient (Wildman–Crippen LogP) is 4.40. The molecule has 23 heavy (non-hydrogen) atoms. The van der Waals surface area contributed by atoms with Crippen molar-refractivity contribution < 1.29 is 0 Å². The summed E-state index contributed by atoms with van der Waals surface area (Å²) < 4.78 is 0. The number of nitrogens with zero attached hydrogens (tertiary/aromatic N) is 7. The van der Waals surface area contributed by atoms with Crippen LogP contribution in [0.3, 0.4) is 0 Å². The highest BCUT2D eigenvalue weighted by atomic mass is 15.2. The van der Waals surface area contributed by atoms with Gasteiger partial charge in [0.15, 0.2) is 0 Å². The number of benzene rings is 1. The van der Waals surface area contributed by atoms with Gasteiger partial charge in [0.05, 0.1) is 18.1 Å². The summed E-state index contributed by atoms with van der Waals surface area (Å²) in [5.41, 5.74) is 18.2. The number of aliphatic imine (C=N–C) groups is 1. The Morgan fingerprint density at radius 1 is 1.30 bits per heavy atom. The molecule has 0 saturated carbocycles. The van der Waals surface area contributed by atoms with Gasteiger partial charge in [-0.05, 0) is 42.5 Å². The van der Waals surface area contributed by atoms with E-state index >= 15 is 0 Å². The average Bonchev–Trinajstić information content (AvgIpc) is 2.48. The largest absolute Gasteiger partial charge is 0.294 e. The van der Waals surface area contributed by atoms with Gasteiger partial charge in [0.25, 0.3) is 0 Å². The monoisotopic (exact) mass is 310 g/mol. The Labute approximate surface area is 134 Å². The Morgan fingerprint density at radius 2 is 2.00 bits per heavy atom. The van der Waals surface area contributed by atoms with Crippen molar-refractivity contribution in [1.29, 1.82) is 0 Å². The van der Waals surface area contributed by atoms with E-state index in [-0.39, 0.29) is 12.4 Å². The van der Waals surface area contributed by atoms with Gasteiger partial charge in [0, 0.05) is 15.5 Å². The molecule has 0 heterocycles. The van der Waals surface area contributed by atoms with Gasteiger partial charge in [0.2, 0.25) is 0 Å². The molecule has 0 amide bonds. The highest BCUT2D eigenvalue weighted by Crippen LogP contribution is 2.28. The molecule has 0 spiro atoms. The van der Waals surface area contributed by atoms with E-state index < -0.39 is 11.6 Å². The van der Waals surface area contributed by atoms with E-state index in [1.54, 1.807) is 24.3 Å². The first kappa shape index (κ1) is 18.1. The molecule has 0 aliphatic heterocycles. The van der Waals surface area contributed by atoms with Crippen LogP contribution >= 0.6 is 0 Å². The van der Waals surface area contributed by atoms with Crippen LogP contribution in [-0.4, -0.2) is 17.9 Å². The minimum absolute atomic E-state index is 0.232. The highest BCUT2D eigenvalue weighted by Gasteiger charge is 2.21. The molecule has 1 aromatic carbocycles. The van der Waals surface area contributed by atoms with Crippen LogP contribution in [0.25, 0.3) is 20.9 Å². The summed E-state index contributed by atoms with van der Waals surface area (Å²) in [7, 11) is 0. The van der Waals surface area contributed by atoms with Crippen molar-refractivity contribution in [2.24, 2.45) is 15.2 Å². The molecule has 118 valence electrons. The molecule has 0 aromatic heterocycles. The molecular formula is C15H18N8. The van der Waals surface area contributed by atoms with E-state index in [0.717, 1.165) is 0 Å². The molecular weight excluding hydrogens is 292 g/mol. The lowest BCUT2D eigenvalue weighted by atomic mass is 10.0. The van der Waals surface area contributed by atoms with E-state index in [4.69, 9.17) is 17.5 Å². The summed E-state index contributed by atoms with van der Waals surface area (Å²) >= 11 is 0. The number of terminal acetylenes is 1. The van der Waals surface area contributed by atoms with E-state index in [9.17, 15) is 0 Å². The van der Waals surface area contributed by atoms with E-state index in [1.165, 1.54) is 0 Å². The number of amidine groups is 1. The van der Waals surface area contributed by atoms with Crippen LogP contribution in [0, 0.1) is 12.3 Å². The molecule has 0 radical (unpaired) electrons. The maximum Gasteiger partial charge on any atom is 0.120 e.